The molecule has 1 rings (SSSR count). The van der Waals surface area contributed by atoms with Gasteiger partial charge in [0, 0.05) is 11.6 Å². The molecule has 1 N–H and O–H groups in total. The summed E-state index contributed by atoms with van der Waals surface area (Å²) in [6, 6.07) is 0. The first-order valence-corrected chi connectivity index (χ1v) is 8.82. The topological polar surface area (TPSA) is 76.5 Å². The molecule has 8 heteroatoms. The van der Waals surface area contributed by atoms with Crippen LogP contribution >= 0.6 is 21.9 Å². The third kappa shape index (κ3) is 2.57. The summed E-state index contributed by atoms with van der Waals surface area (Å²) >= 11 is 1.01. The molecule has 1 heterocycles. The minimum Gasteiger partial charge on any atom is -0.293 e. The summed E-state index contributed by atoms with van der Waals surface area (Å²) in [5.41, 5.74) is 0. The van der Waals surface area contributed by atoms with Gasteiger partial charge < -0.3 is 0 Å². The van der Waals surface area contributed by atoms with E-state index in [0.717, 1.165) is 11.3 Å². The van der Waals surface area contributed by atoms with Crippen LogP contribution in [0.1, 0.15) is 13.8 Å². The predicted molar refractivity (Wildman–Crippen MR) is 65.9 cm³/mol. The number of aromatic nitrogens is 1. The minimum atomic E-state index is -3.37. The zero-order chi connectivity index (χ0) is 12.6. The Morgan fingerprint density at radius 1 is 1.50 bits per heavy atom. The maximum atomic E-state index is 11.8. The average Bonchev–Trinajstić information content (AvgIpc) is 2.67. The summed E-state index contributed by atoms with van der Waals surface area (Å²) in [7, 11) is -4.43. The molecule has 0 radical (unpaired) electrons. The molecular weight excluding hydrogens is 270 g/mol. The molecule has 0 bridgehead atoms. The van der Waals surface area contributed by atoms with Crippen molar-refractivity contribution in [2.75, 3.05) is 13.4 Å². The van der Waals surface area contributed by atoms with E-state index < -0.39 is 25.7 Å². The minimum absolute atomic E-state index is 0.0299. The fraction of sp³-hybridized carbons (Fsp3) is 0.625. The standard InChI is InChI=1S/C8H15NO4S3/c1-6(2)16(11,12)8-9-7(5-14-8)15(4,10)13-3/h5-6,10H,1-4H3. The molecule has 0 amide bonds. The molecule has 0 aromatic carbocycles. The summed E-state index contributed by atoms with van der Waals surface area (Å²) in [4.78, 5) is 3.94. The van der Waals surface area contributed by atoms with E-state index in [-0.39, 0.29) is 4.34 Å². The highest BCUT2D eigenvalue weighted by Crippen LogP contribution is 2.49. The predicted octanol–water partition coefficient (Wildman–Crippen LogP) is 2.15. The van der Waals surface area contributed by atoms with Gasteiger partial charge in [0.25, 0.3) is 0 Å². The lowest BCUT2D eigenvalue weighted by Crippen LogP contribution is -2.14. The van der Waals surface area contributed by atoms with Gasteiger partial charge in [-0.25, -0.2) is 13.4 Å². The average molecular weight is 285 g/mol. The van der Waals surface area contributed by atoms with Gasteiger partial charge in [-0.15, -0.1) is 11.3 Å². The van der Waals surface area contributed by atoms with Crippen LogP contribution in [0.15, 0.2) is 14.7 Å². The van der Waals surface area contributed by atoms with Crippen LogP contribution in [0.4, 0.5) is 0 Å². The first kappa shape index (κ1) is 13.9. The van der Waals surface area contributed by atoms with Crippen LogP contribution in [0.3, 0.4) is 0 Å². The van der Waals surface area contributed by atoms with Crippen molar-refractivity contribution in [2.45, 2.75) is 28.5 Å². The van der Waals surface area contributed by atoms with E-state index in [4.69, 9.17) is 4.18 Å². The van der Waals surface area contributed by atoms with Gasteiger partial charge >= 0.3 is 0 Å². The van der Waals surface area contributed by atoms with Crippen molar-refractivity contribution in [3.63, 3.8) is 0 Å². The van der Waals surface area contributed by atoms with Crippen molar-refractivity contribution in [1.29, 1.82) is 0 Å². The molecule has 0 fully saturated rings. The van der Waals surface area contributed by atoms with Crippen LogP contribution in [0.25, 0.3) is 0 Å². The van der Waals surface area contributed by atoms with Crippen LogP contribution in [0.5, 0.6) is 0 Å². The van der Waals surface area contributed by atoms with Crippen molar-refractivity contribution in [3.8, 4) is 0 Å². The summed E-state index contributed by atoms with van der Waals surface area (Å²) in [6.07, 6.45) is 1.49. The Kier molecular flexibility index (Phi) is 4.01. The fourth-order valence-corrected chi connectivity index (χ4v) is 4.53. The van der Waals surface area contributed by atoms with Crippen molar-refractivity contribution >= 4 is 31.8 Å². The number of nitrogens with zero attached hydrogens (tertiary/aromatic N) is 1. The first-order chi connectivity index (χ1) is 7.21. The third-order valence-electron chi connectivity index (χ3n) is 2.04. The fourth-order valence-electron chi connectivity index (χ4n) is 0.835. The third-order valence-corrected chi connectivity index (χ3v) is 7.26. The summed E-state index contributed by atoms with van der Waals surface area (Å²) < 4.78 is 38.3. The van der Waals surface area contributed by atoms with Crippen molar-refractivity contribution < 1.29 is 17.2 Å². The van der Waals surface area contributed by atoms with Gasteiger partial charge in [-0.2, -0.15) is 10.6 Å². The highest BCUT2D eigenvalue weighted by Gasteiger charge is 2.25. The molecule has 0 aliphatic heterocycles. The molecule has 16 heavy (non-hydrogen) atoms. The number of hydrogen-bond donors (Lipinski definition) is 1. The summed E-state index contributed by atoms with van der Waals surface area (Å²) in [5.74, 6) is 0. The molecule has 0 aliphatic carbocycles. The highest BCUT2D eigenvalue weighted by molar-refractivity contribution is 8.24. The van der Waals surface area contributed by atoms with Crippen molar-refractivity contribution in [1.82, 2.24) is 4.98 Å². The maximum absolute atomic E-state index is 11.8. The van der Waals surface area contributed by atoms with E-state index in [0.29, 0.717) is 5.03 Å². The second-order valence-corrected chi connectivity index (χ2v) is 9.41. The molecule has 1 aromatic heterocycles. The number of sulfone groups is 1. The Morgan fingerprint density at radius 2 is 2.06 bits per heavy atom. The van der Waals surface area contributed by atoms with Crippen molar-refractivity contribution in [3.05, 3.63) is 5.38 Å². The van der Waals surface area contributed by atoms with Crippen molar-refractivity contribution in [2.24, 2.45) is 0 Å². The SMILES string of the molecule is COS(C)(O)c1csc(S(=O)(=O)C(C)C)n1. The van der Waals surface area contributed by atoms with Crippen LogP contribution in [0, 0.1) is 0 Å². The molecule has 1 aromatic rings. The van der Waals surface area contributed by atoms with Gasteiger partial charge in [-0.1, -0.05) is 0 Å². The van der Waals surface area contributed by atoms with Crippen LogP contribution < -0.4 is 0 Å². The quantitative estimate of drug-likeness (QED) is 0.917. The Balaban J connectivity index is 3.15. The van der Waals surface area contributed by atoms with Crippen LogP contribution in [-0.4, -0.2) is 36.6 Å². The maximum Gasteiger partial charge on any atom is 0.211 e. The van der Waals surface area contributed by atoms with E-state index in [9.17, 15) is 13.0 Å². The molecular formula is C8H15NO4S3. The largest absolute Gasteiger partial charge is 0.293 e. The lowest BCUT2D eigenvalue weighted by molar-refractivity contribution is 0.398. The Morgan fingerprint density at radius 3 is 2.50 bits per heavy atom. The second kappa shape index (κ2) is 4.61. The number of hydrogen-bond acceptors (Lipinski definition) is 6. The monoisotopic (exact) mass is 285 g/mol. The van der Waals surface area contributed by atoms with E-state index in [1.165, 1.54) is 18.7 Å². The second-order valence-electron chi connectivity index (χ2n) is 3.51. The molecule has 0 aliphatic rings. The van der Waals surface area contributed by atoms with E-state index in [1.54, 1.807) is 13.8 Å². The van der Waals surface area contributed by atoms with E-state index in [2.05, 4.69) is 4.98 Å². The molecule has 5 nitrogen and oxygen atoms in total. The lowest BCUT2D eigenvalue weighted by atomic mass is 10.6. The van der Waals surface area contributed by atoms with Gasteiger partial charge in [0.15, 0.2) is 5.03 Å². The van der Waals surface area contributed by atoms with Crippen LogP contribution in [-0.2, 0) is 14.0 Å². The summed E-state index contributed by atoms with van der Waals surface area (Å²) in [5, 5.41) is 1.29. The normalized spacial score (nSPS) is 18.4. The Bertz CT molecular complexity index is 463. The first-order valence-electron chi connectivity index (χ1n) is 4.47. The molecule has 1 atom stereocenters. The smallest absolute Gasteiger partial charge is 0.211 e. The Hall–Kier alpha value is -0.150. The van der Waals surface area contributed by atoms with Gasteiger partial charge in [0.1, 0.15) is 0 Å². The highest BCUT2D eigenvalue weighted by atomic mass is 32.3. The zero-order valence-corrected chi connectivity index (χ0v) is 11.9. The lowest BCUT2D eigenvalue weighted by Gasteiger charge is -2.29. The molecule has 0 saturated heterocycles. The van der Waals surface area contributed by atoms with Crippen LogP contribution in [0.2, 0.25) is 0 Å². The summed E-state index contributed by atoms with van der Waals surface area (Å²) in [6.45, 7) is 3.19. The number of thiazole rings is 1. The zero-order valence-electron chi connectivity index (χ0n) is 9.50. The van der Waals surface area contributed by atoms with E-state index >= 15 is 0 Å². The molecule has 1 unspecified atom stereocenters. The molecule has 94 valence electrons. The van der Waals surface area contributed by atoms with Gasteiger partial charge in [0.05, 0.1) is 12.4 Å². The van der Waals surface area contributed by atoms with Gasteiger partial charge in [-0.3, -0.25) is 8.74 Å². The Labute approximate surface area is 101 Å². The molecule has 0 saturated carbocycles. The van der Waals surface area contributed by atoms with Gasteiger partial charge in [0.2, 0.25) is 14.2 Å². The molecule has 0 spiro atoms. The van der Waals surface area contributed by atoms with Gasteiger partial charge in [-0.05, 0) is 13.8 Å². The number of rotatable bonds is 4. The van der Waals surface area contributed by atoms with E-state index in [1.807, 2.05) is 0 Å².